The van der Waals surface area contributed by atoms with Crippen LogP contribution in [0.3, 0.4) is 0 Å². The number of piperidine rings is 2. The van der Waals surface area contributed by atoms with E-state index in [0.717, 1.165) is 58.2 Å². The number of aliphatic hydroxyl groups excluding tert-OH is 1. The van der Waals surface area contributed by atoms with Gasteiger partial charge in [0.05, 0.1) is 5.02 Å². The molecule has 222 valence electrons. The molecule has 3 heterocycles. The number of allylic oxidation sites excluding steroid dienone is 1. The second kappa shape index (κ2) is 14.7. The van der Waals surface area contributed by atoms with Crippen LogP contribution in [0.2, 0.25) is 5.02 Å². The zero-order valence-corrected chi connectivity index (χ0v) is 24.9. The fraction of sp³-hybridized carbons (Fsp3) is 0.500. The number of carbonyl (C=O) groups excluding carboxylic acids is 1. The molecule has 0 bridgehead atoms. The first kappa shape index (κ1) is 30.9. The molecular weight excluding hydrogens is 542 g/mol. The molecule has 0 aliphatic carbocycles. The van der Waals surface area contributed by atoms with Crippen LogP contribution in [0.1, 0.15) is 56.8 Å². The molecule has 2 N–H and O–H groups in total. The fourth-order valence-corrected chi connectivity index (χ4v) is 5.81. The molecule has 0 radical (unpaired) electrons. The third-order valence-corrected chi connectivity index (χ3v) is 8.18. The van der Waals surface area contributed by atoms with Crippen LogP contribution in [0, 0.1) is 5.92 Å². The van der Waals surface area contributed by atoms with Crippen LogP contribution >= 0.6 is 11.6 Å². The molecule has 2 aromatic rings. The Balaban J connectivity index is 1.57. The maximum absolute atomic E-state index is 13.4. The molecular formula is C32H42ClN3O5. The lowest BCUT2D eigenvalue weighted by Crippen LogP contribution is -2.46. The van der Waals surface area contributed by atoms with Gasteiger partial charge < -0.3 is 29.4 Å². The Kier molecular flexibility index (Phi) is 11.1. The van der Waals surface area contributed by atoms with Gasteiger partial charge in [-0.1, -0.05) is 43.7 Å². The normalized spacial score (nSPS) is 18.7. The monoisotopic (exact) mass is 583 g/mol. The second-order valence-corrected chi connectivity index (χ2v) is 11.6. The molecule has 4 rings (SSSR count). The summed E-state index contributed by atoms with van der Waals surface area (Å²) in [6, 6.07) is 8.74. The predicted octanol–water partition coefficient (Wildman–Crippen LogP) is 6.25. The summed E-state index contributed by atoms with van der Waals surface area (Å²) in [7, 11) is 2.09. The van der Waals surface area contributed by atoms with Gasteiger partial charge >= 0.3 is 6.09 Å². The standard InChI is InChI=1S/C32H42ClN3O5/c1-4-15-36(21-24-9-7-8-14-34-24)32(39)40-22(2)18-27(37)31-28(38)20-29(25-10-5-6-11-26(25)33)41-30(31)19-23-12-16-35(3)17-13-23/h5-6,10-11,18,20,23-24,34,37H,2,4,7-9,12-17,19,21H2,1,3H3/b27-18+. The Morgan fingerprint density at radius 1 is 1.27 bits per heavy atom. The van der Waals surface area contributed by atoms with E-state index in [-0.39, 0.29) is 23.1 Å². The summed E-state index contributed by atoms with van der Waals surface area (Å²) in [6.45, 7) is 9.78. The van der Waals surface area contributed by atoms with Gasteiger partial charge in [-0.2, -0.15) is 0 Å². The van der Waals surface area contributed by atoms with Gasteiger partial charge in [-0.15, -0.1) is 0 Å². The van der Waals surface area contributed by atoms with E-state index in [4.69, 9.17) is 20.8 Å². The van der Waals surface area contributed by atoms with Crippen molar-refractivity contribution in [3.05, 3.63) is 75.3 Å². The van der Waals surface area contributed by atoms with Gasteiger partial charge in [-0.25, -0.2) is 4.79 Å². The number of amides is 1. The van der Waals surface area contributed by atoms with E-state index >= 15 is 0 Å². The van der Waals surface area contributed by atoms with Crippen molar-refractivity contribution in [1.82, 2.24) is 15.1 Å². The van der Waals surface area contributed by atoms with Crippen LogP contribution in [0.5, 0.6) is 0 Å². The highest BCUT2D eigenvalue weighted by Crippen LogP contribution is 2.31. The number of hydrogen-bond donors (Lipinski definition) is 2. The zero-order chi connectivity index (χ0) is 29.4. The Morgan fingerprint density at radius 3 is 2.71 bits per heavy atom. The van der Waals surface area contributed by atoms with Crippen LogP contribution in [0.4, 0.5) is 4.79 Å². The molecule has 2 saturated heterocycles. The minimum atomic E-state index is -0.527. The average Bonchev–Trinajstić information content (AvgIpc) is 2.94. The SMILES string of the molecule is C=C(/C=C(/O)c1c(CC2CCN(C)CC2)oc(-c2ccccc2Cl)cc1=O)OC(=O)N(CCC)CC1CCCCN1. The topological polar surface area (TPSA) is 95.2 Å². The second-order valence-electron chi connectivity index (χ2n) is 11.2. The molecule has 9 heteroatoms. The first-order valence-corrected chi connectivity index (χ1v) is 15.0. The Bertz CT molecular complexity index is 1290. The summed E-state index contributed by atoms with van der Waals surface area (Å²) in [4.78, 5) is 30.4. The smallest absolute Gasteiger partial charge is 0.415 e. The van der Waals surface area contributed by atoms with Gasteiger partial charge in [0.25, 0.3) is 0 Å². The number of halogens is 1. The van der Waals surface area contributed by atoms with Crippen LogP contribution < -0.4 is 10.7 Å². The van der Waals surface area contributed by atoms with E-state index in [1.807, 2.05) is 19.1 Å². The van der Waals surface area contributed by atoms with Gasteiger partial charge in [0.2, 0.25) is 0 Å². The maximum Gasteiger partial charge on any atom is 0.415 e. The summed E-state index contributed by atoms with van der Waals surface area (Å²) in [6.07, 6.45) is 7.16. The molecule has 2 fully saturated rings. The molecule has 1 atom stereocenters. The van der Waals surface area contributed by atoms with Crippen molar-refractivity contribution in [3.63, 3.8) is 0 Å². The number of likely N-dealkylation sites (tertiary alicyclic amines) is 1. The summed E-state index contributed by atoms with van der Waals surface area (Å²) < 4.78 is 11.8. The number of ether oxygens (including phenoxy) is 1. The lowest BCUT2D eigenvalue weighted by Gasteiger charge is -2.30. The first-order valence-electron chi connectivity index (χ1n) is 14.7. The molecule has 0 spiro atoms. The van der Waals surface area contributed by atoms with Crippen molar-refractivity contribution < 1.29 is 19.1 Å². The summed E-state index contributed by atoms with van der Waals surface area (Å²) in [5.41, 5.74) is 0.249. The Labute approximate surface area is 247 Å². The average molecular weight is 584 g/mol. The lowest BCUT2D eigenvalue weighted by atomic mass is 9.91. The van der Waals surface area contributed by atoms with Crippen molar-refractivity contribution in [3.8, 4) is 11.3 Å². The number of benzene rings is 1. The third kappa shape index (κ3) is 8.47. The molecule has 2 aliphatic heterocycles. The van der Waals surface area contributed by atoms with Gasteiger partial charge in [0.15, 0.2) is 5.43 Å². The maximum atomic E-state index is 13.4. The summed E-state index contributed by atoms with van der Waals surface area (Å²) >= 11 is 6.40. The van der Waals surface area contributed by atoms with Crippen LogP contribution in [0.25, 0.3) is 17.1 Å². The molecule has 41 heavy (non-hydrogen) atoms. The number of rotatable bonds is 10. The fourth-order valence-electron chi connectivity index (χ4n) is 5.58. The van der Waals surface area contributed by atoms with E-state index in [2.05, 4.69) is 23.8 Å². The van der Waals surface area contributed by atoms with Crippen LogP contribution in [-0.4, -0.2) is 66.8 Å². The first-order chi connectivity index (χ1) is 19.7. The lowest BCUT2D eigenvalue weighted by molar-refractivity contribution is 0.124. The molecule has 8 nitrogen and oxygen atoms in total. The van der Waals surface area contributed by atoms with Crippen molar-refractivity contribution in [2.24, 2.45) is 5.92 Å². The third-order valence-electron chi connectivity index (χ3n) is 7.85. The van der Waals surface area contributed by atoms with Crippen LogP contribution in [-0.2, 0) is 11.2 Å². The Morgan fingerprint density at radius 2 is 2.02 bits per heavy atom. The molecule has 1 amide bonds. The highest BCUT2D eigenvalue weighted by atomic mass is 35.5. The van der Waals surface area contributed by atoms with E-state index in [0.29, 0.717) is 47.5 Å². The molecule has 1 aromatic carbocycles. The molecule has 1 unspecified atom stereocenters. The number of nitrogens with zero attached hydrogens (tertiary/aromatic N) is 2. The minimum absolute atomic E-state index is 0.0498. The van der Waals surface area contributed by atoms with Gasteiger partial charge in [0, 0.05) is 43.3 Å². The Hall–Kier alpha value is -3.07. The van der Waals surface area contributed by atoms with Crippen molar-refractivity contribution in [2.75, 3.05) is 39.8 Å². The number of hydrogen-bond acceptors (Lipinski definition) is 7. The van der Waals surface area contributed by atoms with Crippen LogP contribution in [0.15, 0.2) is 58.0 Å². The van der Waals surface area contributed by atoms with Gasteiger partial charge in [-0.3, -0.25) is 4.79 Å². The zero-order valence-electron chi connectivity index (χ0n) is 24.2. The van der Waals surface area contributed by atoms with E-state index in [1.54, 1.807) is 17.0 Å². The van der Waals surface area contributed by atoms with Gasteiger partial charge in [-0.05, 0) is 76.8 Å². The predicted molar refractivity (Wildman–Crippen MR) is 163 cm³/mol. The van der Waals surface area contributed by atoms with E-state index in [1.165, 1.54) is 12.1 Å². The molecule has 2 aliphatic rings. The summed E-state index contributed by atoms with van der Waals surface area (Å²) in [5, 5.41) is 15.1. The minimum Gasteiger partial charge on any atom is -0.507 e. The number of aliphatic hydroxyl groups is 1. The highest BCUT2D eigenvalue weighted by Gasteiger charge is 2.25. The summed E-state index contributed by atoms with van der Waals surface area (Å²) in [5.74, 6) is 0.619. The number of nitrogens with one attached hydrogen (secondary N) is 1. The van der Waals surface area contributed by atoms with E-state index in [9.17, 15) is 14.7 Å². The molecule has 0 saturated carbocycles. The van der Waals surface area contributed by atoms with Gasteiger partial charge in [0.1, 0.15) is 28.6 Å². The largest absolute Gasteiger partial charge is 0.507 e. The van der Waals surface area contributed by atoms with Crippen molar-refractivity contribution in [1.29, 1.82) is 0 Å². The number of carbonyl (C=O) groups is 1. The van der Waals surface area contributed by atoms with Crippen molar-refractivity contribution in [2.45, 2.75) is 57.9 Å². The van der Waals surface area contributed by atoms with E-state index < -0.39 is 11.5 Å². The van der Waals surface area contributed by atoms with Crippen molar-refractivity contribution >= 4 is 23.5 Å². The molecule has 1 aromatic heterocycles. The highest BCUT2D eigenvalue weighted by molar-refractivity contribution is 6.33. The quantitative estimate of drug-likeness (QED) is 0.252.